The van der Waals surface area contributed by atoms with E-state index in [1.54, 1.807) is 56.7 Å². The van der Waals surface area contributed by atoms with Gasteiger partial charge in [-0.2, -0.15) is 0 Å². The van der Waals surface area contributed by atoms with E-state index in [1.165, 1.54) is 27.4 Å². The maximum Gasteiger partial charge on any atom is 0.203 e. The lowest BCUT2D eigenvalue weighted by Crippen LogP contribution is -2.09. The Kier molecular flexibility index (Phi) is 9.88. The van der Waals surface area contributed by atoms with Crippen LogP contribution in [0, 0.1) is 5.82 Å². The molecule has 0 saturated carbocycles. The molecule has 0 aromatic heterocycles. The summed E-state index contributed by atoms with van der Waals surface area (Å²) in [6.45, 7) is 0.407. The summed E-state index contributed by atoms with van der Waals surface area (Å²) in [5.74, 6) is 1.65. The maximum atomic E-state index is 14.6. The molecule has 198 valence electrons. The van der Waals surface area contributed by atoms with Crippen molar-refractivity contribution in [2.45, 2.75) is 12.5 Å². The molecule has 0 aliphatic rings. The third-order valence-corrected chi connectivity index (χ3v) is 6.06. The largest absolute Gasteiger partial charge is 0.495 e. The van der Waals surface area contributed by atoms with Gasteiger partial charge in [-0.3, -0.25) is 0 Å². The molecule has 7 nitrogen and oxygen atoms in total. The van der Waals surface area contributed by atoms with Gasteiger partial charge in [-0.05, 0) is 47.9 Å². The number of halogens is 2. The minimum atomic E-state index is -0.753. The van der Waals surface area contributed by atoms with Gasteiger partial charge >= 0.3 is 0 Å². The van der Waals surface area contributed by atoms with Crippen molar-refractivity contribution in [2.24, 2.45) is 0 Å². The molecular formula is C28H31ClFNO6. The summed E-state index contributed by atoms with van der Waals surface area (Å²) in [5.41, 5.74) is 2.67. The van der Waals surface area contributed by atoms with Crippen molar-refractivity contribution in [3.8, 4) is 28.7 Å². The van der Waals surface area contributed by atoms with Crippen molar-refractivity contribution in [3.05, 3.63) is 70.0 Å². The first-order chi connectivity index (χ1) is 17.8. The second-order valence-electron chi connectivity index (χ2n) is 7.99. The van der Waals surface area contributed by atoms with E-state index in [0.29, 0.717) is 57.8 Å². The Morgan fingerprint density at radius 2 is 1.49 bits per heavy atom. The van der Waals surface area contributed by atoms with Gasteiger partial charge in [0.2, 0.25) is 5.75 Å². The fourth-order valence-corrected chi connectivity index (χ4v) is 4.07. The molecule has 0 aliphatic heterocycles. The molecule has 0 bridgehead atoms. The zero-order valence-electron chi connectivity index (χ0n) is 21.4. The highest BCUT2D eigenvalue weighted by molar-refractivity contribution is 6.32. The number of rotatable bonds is 12. The van der Waals surface area contributed by atoms with Crippen molar-refractivity contribution in [3.63, 3.8) is 0 Å². The summed E-state index contributed by atoms with van der Waals surface area (Å²) in [7, 11) is 7.56. The van der Waals surface area contributed by atoms with E-state index in [2.05, 4.69) is 5.32 Å². The predicted octanol–water partition coefficient (Wildman–Crippen LogP) is 6.23. The van der Waals surface area contributed by atoms with Crippen molar-refractivity contribution in [2.75, 3.05) is 47.4 Å². The number of hydrogen-bond acceptors (Lipinski definition) is 7. The number of nitrogens with one attached hydrogen (secondary N) is 1. The van der Waals surface area contributed by atoms with E-state index in [9.17, 15) is 9.50 Å². The zero-order chi connectivity index (χ0) is 26.9. The fraction of sp³-hybridized carbons (Fsp3) is 0.286. The Bertz CT molecular complexity index is 1220. The molecule has 2 N–H and O–H groups in total. The van der Waals surface area contributed by atoms with Crippen LogP contribution in [0.15, 0.2) is 42.5 Å². The topological polar surface area (TPSA) is 78.4 Å². The summed E-state index contributed by atoms with van der Waals surface area (Å²) in [6, 6.07) is 11.7. The van der Waals surface area contributed by atoms with Crippen LogP contribution in [-0.2, 0) is 0 Å². The van der Waals surface area contributed by atoms with Gasteiger partial charge in [0.1, 0.15) is 5.75 Å². The highest BCUT2D eigenvalue weighted by atomic mass is 35.5. The van der Waals surface area contributed by atoms with Gasteiger partial charge < -0.3 is 34.1 Å². The lowest BCUT2D eigenvalue weighted by atomic mass is 10.1. The highest BCUT2D eigenvalue weighted by Gasteiger charge is 2.14. The number of anilines is 1. The molecule has 0 saturated heterocycles. The fourth-order valence-electron chi connectivity index (χ4n) is 3.80. The van der Waals surface area contributed by atoms with Crippen LogP contribution in [0.1, 0.15) is 29.2 Å². The van der Waals surface area contributed by atoms with E-state index >= 15 is 0 Å². The number of ether oxygens (including phenoxy) is 5. The van der Waals surface area contributed by atoms with Crippen LogP contribution in [0.2, 0.25) is 5.02 Å². The Balaban J connectivity index is 1.81. The lowest BCUT2D eigenvalue weighted by Gasteiger charge is -2.16. The molecule has 0 fully saturated rings. The molecule has 0 amide bonds. The van der Waals surface area contributed by atoms with E-state index in [0.717, 1.165) is 5.56 Å². The van der Waals surface area contributed by atoms with E-state index in [1.807, 2.05) is 6.08 Å². The molecule has 0 aliphatic carbocycles. The minimum Gasteiger partial charge on any atom is -0.495 e. The smallest absolute Gasteiger partial charge is 0.203 e. The van der Waals surface area contributed by atoms with Gasteiger partial charge in [0.25, 0.3) is 0 Å². The molecule has 3 rings (SSSR count). The van der Waals surface area contributed by atoms with Gasteiger partial charge in [0.05, 0.1) is 46.7 Å². The first-order valence-electron chi connectivity index (χ1n) is 11.5. The second-order valence-corrected chi connectivity index (χ2v) is 8.40. The Labute approximate surface area is 221 Å². The second kappa shape index (κ2) is 13.1. The third kappa shape index (κ3) is 6.78. The standard InChI is InChI=1S/C28H31ClFNO6/c1-33-24-9-8-19(14-20(24)29)23(32)10-11-31-22-16-25(34-2)21(30)15-18(22)7-6-17-12-26(35-3)28(37-5)27(13-17)36-4/h6-9,12-16,23,31-32H,10-11H2,1-5H3/b7-6-. The van der Waals surface area contributed by atoms with Gasteiger partial charge in [0, 0.05) is 23.9 Å². The van der Waals surface area contributed by atoms with Crippen molar-refractivity contribution < 1.29 is 33.2 Å². The van der Waals surface area contributed by atoms with Gasteiger partial charge in [-0.1, -0.05) is 29.8 Å². The van der Waals surface area contributed by atoms with Crippen molar-refractivity contribution in [1.82, 2.24) is 0 Å². The van der Waals surface area contributed by atoms with E-state index in [-0.39, 0.29) is 5.75 Å². The molecule has 1 unspecified atom stereocenters. The van der Waals surface area contributed by atoms with E-state index < -0.39 is 11.9 Å². The number of aliphatic hydroxyl groups is 1. The zero-order valence-corrected chi connectivity index (χ0v) is 22.2. The normalized spacial score (nSPS) is 11.8. The minimum absolute atomic E-state index is 0.106. The highest BCUT2D eigenvalue weighted by Crippen LogP contribution is 2.39. The van der Waals surface area contributed by atoms with Gasteiger partial charge in [-0.15, -0.1) is 0 Å². The SMILES string of the molecule is COc1cc(NCCC(O)c2ccc(OC)c(Cl)c2)c(/C=C\c2cc(OC)c(OC)c(OC)c2)cc1F. The third-order valence-electron chi connectivity index (χ3n) is 5.76. The summed E-state index contributed by atoms with van der Waals surface area (Å²) in [6.07, 6.45) is 3.21. The van der Waals surface area contributed by atoms with Crippen LogP contribution in [-0.4, -0.2) is 47.2 Å². The number of methoxy groups -OCH3 is 5. The van der Waals surface area contributed by atoms with Crippen molar-refractivity contribution in [1.29, 1.82) is 0 Å². The van der Waals surface area contributed by atoms with Gasteiger partial charge in [-0.25, -0.2) is 4.39 Å². The van der Waals surface area contributed by atoms with Crippen molar-refractivity contribution >= 4 is 29.4 Å². The molecule has 0 radical (unpaired) electrons. The predicted molar refractivity (Wildman–Crippen MR) is 144 cm³/mol. The molecule has 0 spiro atoms. The number of benzene rings is 3. The molecule has 37 heavy (non-hydrogen) atoms. The molecule has 3 aromatic carbocycles. The Morgan fingerprint density at radius 1 is 0.838 bits per heavy atom. The molecule has 3 aromatic rings. The Hall–Kier alpha value is -3.62. The average Bonchev–Trinajstić information content (AvgIpc) is 2.91. The van der Waals surface area contributed by atoms with Crippen LogP contribution in [0.3, 0.4) is 0 Å². The molecule has 1 atom stereocenters. The molecule has 0 heterocycles. The molecule has 9 heteroatoms. The molecular weight excluding hydrogens is 501 g/mol. The monoisotopic (exact) mass is 531 g/mol. The van der Waals surface area contributed by atoms with Crippen LogP contribution < -0.4 is 29.0 Å². The summed E-state index contributed by atoms with van der Waals surface area (Å²) < 4.78 is 41.1. The van der Waals surface area contributed by atoms with E-state index in [4.69, 9.17) is 35.3 Å². The lowest BCUT2D eigenvalue weighted by molar-refractivity contribution is 0.171. The van der Waals surface area contributed by atoms with Crippen LogP contribution in [0.25, 0.3) is 12.2 Å². The van der Waals surface area contributed by atoms with Gasteiger partial charge in [0.15, 0.2) is 23.1 Å². The number of hydrogen-bond donors (Lipinski definition) is 2. The quantitative estimate of drug-likeness (QED) is 0.268. The first kappa shape index (κ1) is 28.0. The maximum absolute atomic E-state index is 14.6. The Morgan fingerprint density at radius 3 is 2.05 bits per heavy atom. The van der Waals surface area contributed by atoms with Crippen LogP contribution >= 0.6 is 11.6 Å². The van der Waals surface area contributed by atoms with Crippen LogP contribution in [0.5, 0.6) is 28.7 Å². The average molecular weight is 532 g/mol. The number of aliphatic hydroxyl groups excluding tert-OH is 1. The summed E-state index contributed by atoms with van der Waals surface area (Å²) in [5, 5.41) is 14.3. The summed E-state index contributed by atoms with van der Waals surface area (Å²) >= 11 is 6.18. The van der Waals surface area contributed by atoms with Crippen LogP contribution in [0.4, 0.5) is 10.1 Å². The summed E-state index contributed by atoms with van der Waals surface area (Å²) in [4.78, 5) is 0. The first-order valence-corrected chi connectivity index (χ1v) is 11.8.